The summed E-state index contributed by atoms with van der Waals surface area (Å²) in [5.41, 5.74) is 0.862. The molecule has 0 amide bonds. The Morgan fingerprint density at radius 1 is 1.43 bits per heavy atom. The molecule has 1 saturated heterocycles. The number of hydrogen-bond acceptors (Lipinski definition) is 4. The molecule has 5 heteroatoms. The third-order valence-corrected chi connectivity index (χ3v) is 4.34. The highest BCUT2D eigenvalue weighted by atomic mass is 16.5. The minimum absolute atomic E-state index is 0.631. The topological polar surface area (TPSA) is 42.7 Å². The van der Waals surface area contributed by atoms with Crippen LogP contribution in [-0.2, 0) is 6.42 Å². The van der Waals surface area contributed by atoms with Gasteiger partial charge >= 0.3 is 0 Å². The number of fused-ring (bicyclic) bond motifs is 1. The van der Waals surface area contributed by atoms with Gasteiger partial charge in [0.15, 0.2) is 11.5 Å². The zero-order valence-electron chi connectivity index (χ0n) is 13.1. The van der Waals surface area contributed by atoms with Crippen LogP contribution in [0.1, 0.15) is 32.5 Å². The van der Waals surface area contributed by atoms with E-state index in [0.29, 0.717) is 12.0 Å². The lowest BCUT2D eigenvalue weighted by atomic mass is 9.94. The minimum atomic E-state index is 0.631. The number of aromatic nitrogens is 3. The highest BCUT2D eigenvalue weighted by Gasteiger charge is 2.23. The van der Waals surface area contributed by atoms with Crippen LogP contribution in [-0.4, -0.2) is 45.7 Å². The second-order valence-electron chi connectivity index (χ2n) is 6.20. The molecule has 2 aromatic rings. The molecule has 0 spiro atoms. The summed E-state index contributed by atoms with van der Waals surface area (Å²) in [4.78, 5) is 7.20. The van der Waals surface area contributed by atoms with E-state index in [1.807, 2.05) is 22.8 Å². The van der Waals surface area contributed by atoms with Gasteiger partial charge in [0.2, 0.25) is 0 Å². The van der Waals surface area contributed by atoms with E-state index < -0.39 is 0 Å². The van der Waals surface area contributed by atoms with Gasteiger partial charge in [-0.25, -0.2) is 9.50 Å². The fraction of sp³-hybridized carbons (Fsp3) is 0.625. The van der Waals surface area contributed by atoms with Gasteiger partial charge in [0.1, 0.15) is 5.75 Å². The normalized spacial score (nSPS) is 20.3. The highest BCUT2D eigenvalue weighted by Crippen LogP contribution is 2.22. The van der Waals surface area contributed by atoms with Crippen molar-refractivity contribution in [3.05, 3.63) is 24.2 Å². The van der Waals surface area contributed by atoms with Gasteiger partial charge in [-0.1, -0.05) is 0 Å². The molecule has 0 N–H and O–H groups in total. The fourth-order valence-electron chi connectivity index (χ4n) is 3.11. The van der Waals surface area contributed by atoms with Crippen LogP contribution < -0.4 is 4.74 Å². The average molecular weight is 288 g/mol. The third kappa shape index (κ3) is 3.18. The monoisotopic (exact) mass is 288 g/mol. The van der Waals surface area contributed by atoms with Crippen molar-refractivity contribution in [2.45, 2.75) is 39.2 Å². The van der Waals surface area contributed by atoms with E-state index in [1.54, 1.807) is 7.11 Å². The largest absolute Gasteiger partial charge is 0.497 e. The van der Waals surface area contributed by atoms with Gasteiger partial charge in [0, 0.05) is 31.3 Å². The second-order valence-corrected chi connectivity index (χ2v) is 6.20. The SMILES string of the molecule is COc1ccn2nc(CC3CCCN(C(C)C)C3)nc2c1. The summed E-state index contributed by atoms with van der Waals surface area (Å²) in [5, 5.41) is 4.58. The van der Waals surface area contributed by atoms with E-state index in [2.05, 4.69) is 28.8 Å². The Kier molecular flexibility index (Phi) is 4.10. The van der Waals surface area contributed by atoms with Gasteiger partial charge in [-0.05, 0) is 45.2 Å². The Hall–Kier alpha value is -1.62. The number of ether oxygens (including phenoxy) is 1. The number of likely N-dealkylation sites (tertiary alicyclic amines) is 1. The summed E-state index contributed by atoms with van der Waals surface area (Å²) < 4.78 is 7.07. The molecule has 0 radical (unpaired) electrons. The minimum Gasteiger partial charge on any atom is -0.497 e. The van der Waals surface area contributed by atoms with E-state index in [4.69, 9.17) is 4.74 Å². The van der Waals surface area contributed by atoms with Crippen LogP contribution >= 0.6 is 0 Å². The molecular weight excluding hydrogens is 264 g/mol. The second kappa shape index (κ2) is 6.02. The van der Waals surface area contributed by atoms with Crippen LogP contribution in [0, 0.1) is 5.92 Å². The van der Waals surface area contributed by atoms with Crippen LogP contribution in [0.4, 0.5) is 0 Å². The molecule has 0 aromatic carbocycles. The van der Waals surface area contributed by atoms with Gasteiger partial charge in [-0.2, -0.15) is 5.10 Å². The Balaban J connectivity index is 1.72. The van der Waals surface area contributed by atoms with Crippen LogP contribution in [0.25, 0.3) is 5.65 Å². The maximum absolute atomic E-state index is 5.23. The molecule has 114 valence electrons. The molecule has 5 nitrogen and oxygen atoms in total. The quantitative estimate of drug-likeness (QED) is 0.866. The average Bonchev–Trinajstić information content (AvgIpc) is 2.88. The van der Waals surface area contributed by atoms with Gasteiger partial charge in [0.25, 0.3) is 0 Å². The molecule has 2 aromatic heterocycles. The van der Waals surface area contributed by atoms with Crippen LogP contribution in [0.15, 0.2) is 18.3 Å². The number of nitrogens with zero attached hydrogens (tertiary/aromatic N) is 4. The van der Waals surface area contributed by atoms with Crippen molar-refractivity contribution in [1.82, 2.24) is 19.5 Å². The molecule has 1 aliphatic heterocycles. The molecule has 1 aliphatic rings. The molecule has 3 rings (SSSR count). The first-order valence-corrected chi connectivity index (χ1v) is 7.79. The summed E-state index contributed by atoms with van der Waals surface area (Å²) in [6.07, 6.45) is 5.44. The van der Waals surface area contributed by atoms with E-state index in [1.165, 1.54) is 19.4 Å². The molecule has 0 aliphatic carbocycles. The lowest BCUT2D eigenvalue weighted by Gasteiger charge is -2.35. The van der Waals surface area contributed by atoms with Gasteiger partial charge in [-0.3, -0.25) is 0 Å². The lowest BCUT2D eigenvalue weighted by Crippen LogP contribution is -2.40. The van der Waals surface area contributed by atoms with Crippen molar-refractivity contribution in [1.29, 1.82) is 0 Å². The maximum Gasteiger partial charge on any atom is 0.159 e. The standard InChI is InChI=1S/C16H24N4O/c1-12(2)19-7-4-5-13(11-19)9-15-17-16-10-14(21-3)6-8-20(16)18-15/h6,8,10,12-13H,4-5,7,9,11H2,1-3H3. The van der Waals surface area contributed by atoms with Crippen molar-refractivity contribution in [2.75, 3.05) is 20.2 Å². The summed E-state index contributed by atoms with van der Waals surface area (Å²) in [7, 11) is 1.67. The Bertz CT molecular complexity index is 607. The first kappa shape index (κ1) is 14.3. The summed E-state index contributed by atoms with van der Waals surface area (Å²) in [6.45, 7) is 6.94. The van der Waals surface area contributed by atoms with E-state index in [0.717, 1.165) is 30.2 Å². The molecule has 1 fully saturated rings. The van der Waals surface area contributed by atoms with Crippen LogP contribution in [0.5, 0.6) is 5.75 Å². The molecule has 0 saturated carbocycles. The molecule has 1 atom stereocenters. The summed E-state index contributed by atoms with van der Waals surface area (Å²) in [5.74, 6) is 2.43. The smallest absolute Gasteiger partial charge is 0.159 e. The summed E-state index contributed by atoms with van der Waals surface area (Å²) >= 11 is 0. The summed E-state index contributed by atoms with van der Waals surface area (Å²) in [6, 6.07) is 4.47. The maximum atomic E-state index is 5.23. The third-order valence-electron chi connectivity index (χ3n) is 4.34. The first-order chi connectivity index (χ1) is 10.2. The predicted octanol–water partition coefficient (Wildman–Crippen LogP) is 2.40. The van der Waals surface area contributed by atoms with E-state index in [-0.39, 0.29) is 0 Å². The number of rotatable bonds is 4. The van der Waals surface area contributed by atoms with Crippen molar-refractivity contribution < 1.29 is 4.74 Å². The van der Waals surface area contributed by atoms with Crippen LogP contribution in [0.3, 0.4) is 0 Å². The van der Waals surface area contributed by atoms with E-state index >= 15 is 0 Å². The van der Waals surface area contributed by atoms with Crippen molar-refractivity contribution >= 4 is 5.65 Å². The molecule has 0 bridgehead atoms. The number of pyridine rings is 1. The Morgan fingerprint density at radius 3 is 3.05 bits per heavy atom. The fourth-order valence-corrected chi connectivity index (χ4v) is 3.11. The van der Waals surface area contributed by atoms with Crippen LogP contribution in [0.2, 0.25) is 0 Å². The number of hydrogen-bond donors (Lipinski definition) is 0. The van der Waals surface area contributed by atoms with Crippen molar-refractivity contribution in [3.8, 4) is 5.75 Å². The molecule has 1 unspecified atom stereocenters. The highest BCUT2D eigenvalue weighted by molar-refractivity contribution is 5.43. The van der Waals surface area contributed by atoms with E-state index in [9.17, 15) is 0 Å². The Labute approximate surface area is 125 Å². The molecular formula is C16H24N4O. The zero-order chi connectivity index (χ0) is 14.8. The first-order valence-electron chi connectivity index (χ1n) is 7.79. The number of methoxy groups -OCH3 is 1. The molecule has 3 heterocycles. The van der Waals surface area contributed by atoms with Crippen molar-refractivity contribution in [2.24, 2.45) is 5.92 Å². The zero-order valence-corrected chi connectivity index (χ0v) is 13.1. The lowest BCUT2D eigenvalue weighted by molar-refractivity contribution is 0.138. The molecule has 21 heavy (non-hydrogen) atoms. The van der Waals surface area contributed by atoms with Crippen molar-refractivity contribution in [3.63, 3.8) is 0 Å². The Morgan fingerprint density at radius 2 is 2.29 bits per heavy atom. The van der Waals surface area contributed by atoms with Gasteiger partial charge in [0.05, 0.1) is 7.11 Å². The van der Waals surface area contributed by atoms with Gasteiger partial charge in [-0.15, -0.1) is 0 Å². The predicted molar refractivity (Wildman–Crippen MR) is 82.7 cm³/mol. The number of piperidine rings is 1. The van der Waals surface area contributed by atoms with Gasteiger partial charge < -0.3 is 9.64 Å².